The second-order valence-electron chi connectivity index (χ2n) is 7.87. The fraction of sp³-hybridized carbons (Fsp3) is 0.292. The van der Waals surface area contributed by atoms with Gasteiger partial charge in [-0.15, -0.1) is 15.3 Å². The summed E-state index contributed by atoms with van der Waals surface area (Å²) in [5.74, 6) is 1.44. The maximum atomic E-state index is 13.0. The summed E-state index contributed by atoms with van der Waals surface area (Å²) in [5, 5.41) is 12.8. The highest BCUT2D eigenvalue weighted by Crippen LogP contribution is 2.28. The molecule has 0 aliphatic heterocycles. The molecule has 2 heterocycles. The molecular formula is C24H27N5O4S. The van der Waals surface area contributed by atoms with Crippen LogP contribution in [0, 0.1) is 0 Å². The number of fused-ring (bicyclic) bond motifs is 1. The van der Waals surface area contributed by atoms with Gasteiger partial charge in [-0.25, -0.2) is 13.1 Å². The van der Waals surface area contributed by atoms with Crippen molar-refractivity contribution in [3.63, 3.8) is 0 Å². The summed E-state index contributed by atoms with van der Waals surface area (Å²) in [7, 11) is -3.79. The van der Waals surface area contributed by atoms with Gasteiger partial charge in [-0.05, 0) is 36.6 Å². The lowest BCUT2D eigenvalue weighted by atomic mass is 10.0. The van der Waals surface area contributed by atoms with E-state index >= 15 is 0 Å². The van der Waals surface area contributed by atoms with Crippen LogP contribution in [0.25, 0.3) is 17.0 Å². The van der Waals surface area contributed by atoms with Gasteiger partial charge >= 0.3 is 0 Å². The van der Waals surface area contributed by atoms with Crippen molar-refractivity contribution in [3.05, 3.63) is 66.2 Å². The Morgan fingerprint density at radius 3 is 2.53 bits per heavy atom. The molecule has 9 nitrogen and oxygen atoms in total. The first-order valence-electron chi connectivity index (χ1n) is 11.1. The van der Waals surface area contributed by atoms with Gasteiger partial charge in [-0.1, -0.05) is 50.2 Å². The molecule has 10 heteroatoms. The van der Waals surface area contributed by atoms with Gasteiger partial charge in [0.25, 0.3) is 0 Å². The van der Waals surface area contributed by atoms with E-state index in [2.05, 4.69) is 20.0 Å². The van der Waals surface area contributed by atoms with E-state index in [1.165, 1.54) is 0 Å². The summed E-state index contributed by atoms with van der Waals surface area (Å²) >= 11 is 0. The molecule has 0 saturated carbocycles. The van der Waals surface area contributed by atoms with Crippen molar-refractivity contribution < 1.29 is 17.9 Å². The predicted octanol–water partition coefficient (Wildman–Crippen LogP) is 3.67. The molecule has 178 valence electrons. The van der Waals surface area contributed by atoms with E-state index in [1.807, 2.05) is 57.2 Å². The molecule has 34 heavy (non-hydrogen) atoms. The van der Waals surface area contributed by atoms with Gasteiger partial charge in [0, 0.05) is 18.2 Å². The van der Waals surface area contributed by atoms with Crippen LogP contribution in [0.2, 0.25) is 0 Å². The molecule has 0 spiro atoms. The van der Waals surface area contributed by atoms with Gasteiger partial charge in [-0.2, -0.15) is 4.52 Å². The Balaban J connectivity index is 1.45. The van der Waals surface area contributed by atoms with Gasteiger partial charge < -0.3 is 9.47 Å². The Bertz CT molecular complexity index is 1370. The molecule has 0 atom stereocenters. The fourth-order valence-corrected chi connectivity index (χ4v) is 4.58. The molecule has 0 bridgehead atoms. The monoisotopic (exact) mass is 481 g/mol. The van der Waals surface area contributed by atoms with Crippen LogP contribution >= 0.6 is 0 Å². The van der Waals surface area contributed by atoms with E-state index in [0.717, 1.165) is 11.1 Å². The number of benzene rings is 2. The summed E-state index contributed by atoms with van der Waals surface area (Å²) in [6.07, 6.45) is 0. The molecule has 0 radical (unpaired) electrons. The summed E-state index contributed by atoms with van der Waals surface area (Å²) < 4.78 is 41.4. The van der Waals surface area contributed by atoms with Crippen molar-refractivity contribution in [1.82, 2.24) is 24.5 Å². The van der Waals surface area contributed by atoms with Crippen molar-refractivity contribution in [2.45, 2.75) is 31.6 Å². The molecule has 0 aliphatic carbocycles. The average Bonchev–Trinajstić information content (AvgIpc) is 3.26. The van der Waals surface area contributed by atoms with Crippen LogP contribution in [-0.4, -0.2) is 48.0 Å². The smallest absolute Gasteiger partial charge is 0.244 e. The third kappa shape index (κ3) is 5.18. The van der Waals surface area contributed by atoms with Crippen molar-refractivity contribution in [2.24, 2.45) is 0 Å². The number of ether oxygens (including phenoxy) is 2. The molecule has 4 aromatic rings. The van der Waals surface area contributed by atoms with Crippen LogP contribution in [0.4, 0.5) is 0 Å². The third-order valence-corrected chi connectivity index (χ3v) is 6.62. The highest BCUT2D eigenvalue weighted by atomic mass is 32.2. The number of nitrogens with zero attached hydrogens (tertiary/aromatic N) is 4. The first kappa shape index (κ1) is 23.7. The van der Waals surface area contributed by atoms with Crippen molar-refractivity contribution in [3.8, 4) is 23.0 Å². The van der Waals surface area contributed by atoms with Gasteiger partial charge in [0.15, 0.2) is 11.5 Å². The molecule has 0 amide bonds. The first-order chi connectivity index (χ1) is 16.4. The van der Waals surface area contributed by atoms with E-state index in [4.69, 9.17) is 9.47 Å². The fourth-order valence-electron chi connectivity index (χ4n) is 3.39. The largest absolute Gasteiger partial charge is 0.492 e. The normalized spacial score (nSPS) is 11.8. The van der Waals surface area contributed by atoms with Crippen LogP contribution < -0.4 is 14.2 Å². The van der Waals surface area contributed by atoms with Crippen LogP contribution in [0.15, 0.2) is 65.6 Å². The molecule has 0 fully saturated rings. The Labute approximate surface area is 198 Å². The standard InChI is InChI=1S/C24H27N5O4S/c1-4-32-20-11-10-19(17(2)3)16-21(20)34(30,31)25-14-15-33-23-13-12-22-26-27-24(29(22)28-23)18-8-6-5-7-9-18/h5-13,16-17,25H,4,14-15H2,1-3H3. The number of rotatable bonds is 10. The lowest BCUT2D eigenvalue weighted by Crippen LogP contribution is -2.29. The zero-order valence-electron chi connectivity index (χ0n) is 19.3. The van der Waals surface area contributed by atoms with E-state index in [0.29, 0.717) is 29.7 Å². The molecule has 4 rings (SSSR count). The van der Waals surface area contributed by atoms with Crippen molar-refractivity contribution in [1.29, 1.82) is 0 Å². The summed E-state index contributed by atoms with van der Waals surface area (Å²) in [4.78, 5) is 0.122. The average molecular weight is 482 g/mol. The van der Waals surface area contributed by atoms with Crippen molar-refractivity contribution >= 4 is 15.7 Å². The van der Waals surface area contributed by atoms with Crippen LogP contribution in [0.5, 0.6) is 11.6 Å². The number of aromatic nitrogens is 4. The van der Waals surface area contributed by atoms with E-state index in [-0.39, 0.29) is 24.0 Å². The summed E-state index contributed by atoms with van der Waals surface area (Å²) in [6, 6.07) is 18.3. The summed E-state index contributed by atoms with van der Waals surface area (Å²) in [5.41, 5.74) is 2.38. The van der Waals surface area contributed by atoms with Crippen LogP contribution in [0.3, 0.4) is 0 Å². The van der Waals surface area contributed by atoms with Crippen molar-refractivity contribution in [2.75, 3.05) is 19.8 Å². The zero-order valence-corrected chi connectivity index (χ0v) is 20.1. The van der Waals surface area contributed by atoms with Gasteiger partial charge in [0.05, 0.1) is 6.61 Å². The molecule has 2 aromatic carbocycles. The molecule has 0 saturated heterocycles. The molecule has 0 unspecified atom stereocenters. The number of hydrogen-bond donors (Lipinski definition) is 1. The van der Waals surface area contributed by atoms with Gasteiger partial charge in [0.1, 0.15) is 17.3 Å². The maximum Gasteiger partial charge on any atom is 0.244 e. The first-order valence-corrected chi connectivity index (χ1v) is 12.5. The Morgan fingerprint density at radius 2 is 1.79 bits per heavy atom. The lowest BCUT2D eigenvalue weighted by Gasteiger charge is -2.15. The molecule has 0 aliphatic rings. The Kier molecular flexibility index (Phi) is 7.09. The number of nitrogens with one attached hydrogen (secondary N) is 1. The quantitative estimate of drug-likeness (QED) is 0.344. The van der Waals surface area contributed by atoms with E-state index in [1.54, 1.807) is 28.8 Å². The molecule has 2 aromatic heterocycles. The SMILES string of the molecule is CCOc1ccc(C(C)C)cc1S(=O)(=O)NCCOc1ccc2nnc(-c3ccccc3)n2n1. The number of hydrogen-bond acceptors (Lipinski definition) is 7. The Hall–Kier alpha value is -3.50. The summed E-state index contributed by atoms with van der Waals surface area (Å²) in [6.45, 7) is 6.36. The number of sulfonamides is 1. The zero-order chi connectivity index (χ0) is 24.1. The molecule has 1 N–H and O–H groups in total. The van der Waals surface area contributed by atoms with Gasteiger partial charge in [-0.3, -0.25) is 0 Å². The maximum absolute atomic E-state index is 13.0. The van der Waals surface area contributed by atoms with E-state index in [9.17, 15) is 8.42 Å². The van der Waals surface area contributed by atoms with E-state index < -0.39 is 10.0 Å². The Morgan fingerprint density at radius 1 is 1.00 bits per heavy atom. The van der Waals surface area contributed by atoms with Crippen LogP contribution in [-0.2, 0) is 10.0 Å². The van der Waals surface area contributed by atoms with Gasteiger partial charge in [0.2, 0.25) is 15.9 Å². The second kappa shape index (κ2) is 10.2. The highest BCUT2D eigenvalue weighted by molar-refractivity contribution is 7.89. The minimum atomic E-state index is -3.79. The molecular weight excluding hydrogens is 454 g/mol. The topological polar surface area (TPSA) is 108 Å². The minimum Gasteiger partial charge on any atom is -0.492 e. The predicted molar refractivity (Wildman–Crippen MR) is 129 cm³/mol. The van der Waals surface area contributed by atoms with Crippen LogP contribution in [0.1, 0.15) is 32.3 Å². The highest BCUT2D eigenvalue weighted by Gasteiger charge is 2.21. The lowest BCUT2D eigenvalue weighted by molar-refractivity contribution is 0.305. The minimum absolute atomic E-state index is 0.0627. The second-order valence-corrected chi connectivity index (χ2v) is 9.61. The third-order valence-electron chi connectivity index (χ3n) is 5.14.